The molecular formula is C26H28BrN3O2. The summed E-state index contributed by atoms with van der Waals surface area (Å²) in [5.74, 6) is 1.38. The second-order valence-electron chi connectivity index (χ2n) is 8.49. The number of benzene rings is 2. The largest absolute Gasteiger partial charge is 0.508 e. The zero-order valence-corrected chi connectivity index (χ0v) is 19.6. The first-order valence-corrected chi connectivity index (χ1v) is 12.1. The lowest BCUT2D eigenvalue weighted by atomic mass is 9.86. The summed E-state index contributed by atoms with van der Waals surface area (Å²) in [6.45, 7) is 0. The minimum Gasteiger partial charge on any atom is -0.508 e. The molecule has 2 aromatic carbocycles. The molecule has 0 radical (unpaired) electrons. The molecule has 0 bridgehead atoms. The van der Waals surface area contributed by atoms with Gasteiger partial charge < -0.3 is 10.4 Å². The van der Waals surface area contributed by atoms with E-state index in [-0.39, 0.29) is 18.1 Å². The quantitative estimate of drug-likeness (QED) is 0.404. The van der Waals surface area contributed by atoms with Gasteiger partial charge in [-0.3, -0.25) is 4.79 Å². The Kier molecular flexibility index (Phi) is 7.53. The summed E-state index contributed by atoms with van der Waals surface area (Å²) in [7, 11) is 0. The van der Waals surface area contributed by atoms with E-state index in [1.54, 1.807) is 18.3 Å². The predicted molar refractivity (Wildman–Crippen MR) is 131 cm³/mol. The lowest BCUT2D eigenvalue weighted by molar-refractivity contribution is -0.115. The third-order valence-electron chi connectivity index (χ3n) is 6.06. The number of halogens is 1. The maximum Gasteiger partial charge on any atom is 0.229 e. The Labute approximate surface area is 197 Å². The van der Waals surface area contributed by atoms with Crippen molar-refractivity contribution in [3.8, 4) is 17.0 Å². The second kappa shape index (κ2) is 10.7. The molecule has 0 spiro atoms. The molecule has 0 unspecified atom stereocenters. The molecule has 2 N–H and O–H groups in total. The molecule has 1 aromatic heterocycles. The first-order valence-electron chi connectivity index (χ1n) is 11.3. The topological polar surface area (TPSA) is 75.1 Å². The molecule has 32 heavy (non-hydrogen) atoms. The molecule has 1 heterocycles. The standard InChI is InChI=1S/C26H28BrN3O2/c27-21-11-6-19(7-12-21)16-25(32)30-26-23(15-8-18-4-2-1-3-5-18)29-24(17-28-26)20-9-13-22(31)14-10-20/h6-7,9-14,17-18,31H,1-5,8,15-16H2,(H,28,30,32). The van der Waals surface area contributed by atoms with E-state index in [1.165, 1.54) is 32.1 Å². The molecule has 1 saturated carbocycles. The maximum absolute atomic E-state index is 12.7. The van der Waals surface area contributed by atoms with Gasteiger partial charge in [-0.25, -0.2) is 9.97 Å². The number of aromatic nitrogens is 2. The SMILES string of the molecule is O=C(Cc1ccc(Br)cc1)Nc1ncc(-c2ccc(O)cc2)nc1CCC1CCCCC1. The summed E-state index contributed by atoms with van der Waals surface area (Å²) in [5, 5.41) is 12.6. The predicted octanol–water partition coefficient (Wildman–Crippen LogP) is 6.31. The number of anilines is 1. The number of aromatic hydroxyl groups is 1. The van der Waals surface area contributed by atoms with Crippen LogP contribution in [0.1, 0.15) is 49.8 Å². The molecule has 166 valence electrons. The van der Waals surface area contributed by atoms with E-state index < -0.39 is 0 Å². The van der Waals surface area contributed by atoms with Gasteiger partial charge in [-0.1, -0.05) is 60.2 Å². The van der Waals surface area contributed by atoms with Crippen LogP contribution in [0.2, 0.25) is 0 Å². The first-order chi connectivity index (χ1) is 15.6. The van der Waals surface area contributed by atoms with Crippen LogP contribution in [0, 0.1) is 5.92 Å². The Hall–Kier alpha value is -2.73. The number of nitrogens with one attached hydrogen (secondary N) is 1. The fourth-order valence-electron chi connectivity index (χ4n) is 4.26. The summed E-state index contributed by atoms with van der Waals surface area (Å²) < 4.78 is 0.988. The summed E-state index contributed by atoms with van der Waals surface area (Å²) in [6, 6.07) is 14.7. The summed E-state index contributed by atoms with van der Waals surface area (Å²) in [6.07, 6.45) is 10.3. The van der Waals surface area contributed by atoms with Gasteiger partial charge in [0, 0.05) is 10.0 Å². The van der Waals surface area contributed by atoms with Crippen molar-refractivity contribution in [2.75, 3.05) is 5.32 Å². The van der Waals surface area contributed by atoms with Gasteiger partial charge in [0.1, 0.15) is 5.75 Å². The van der Waals surface area contributed by atoms with Gasteiger partial charge in [-0.2, -0.15) is 0 Å². The Morgan fingerprint density at radius 3 is 2.47 bits per heavy atom. The van der Waals surface area contributed by atoms with Crippen molar-refractivity contribution in [2.45, 2.75) is 51.4 Å². The molecule has 1 fully saturated rings. The molecule has 0 saturated heterocycles. The minimum atomic E-state index is -0.0991. The number of carbonyl (C=O) groups is 1. The van der Waals surface area contributed by atoms with Crippen LogP contribution >= 0.6 is 15.9 Å². The highest BCUT2D eigenvalue weighted by Crippen LogP contribution is 2.29. The Bertz CT molecular complexity index is 1050. The molecular weight excluding hydrogens is 466 g/mol. The monoisotopic (exact) mass is 493 g/mol. The molecule has 0 aliphatic heterocycles. The molecule has 4 rings (SSSR count). The van der Waals surface area contributed by atoms with Crippen molar-refractivity contribution in [3.63, 3.8) is 0 Å². The molecule has 3 aromatic rings. The number of nitrogens with zero attached hydrogens (tertiary/aromatic N) is 2. The Morgan fingerprint density at radius 2 is 1.75 bits per heavy atom. The lowest BCUT2D eigenvalue weighted by Gasteiger charge is -2.21. The number of phenolic OH excluding ortho intramolecular Hbond substituents is 1. The average molecular weight is 494 g/mol. The van der Waals surface area contributed by atoms with Crippen LogP contribution in [0.5, 0.6) is 5.75 Å². The van der Waals surface area contributed by atoms with Crippen LogP contribution in [-0.4, -0.2) is 21.0 Å². The molecule has 1 amide bonds. The number of hydrogen-bond acceptors (Lipinski definition) is 4. The molecule has 1 aliphatic carbocycles. The van der Waals surface area contributed by atoms with Crippen LogP contribution in [0.25, 0.3) is 11.3 Å². The van der Waals surface area contributed by atoms with Crippen molar-refractivity contribution in [1.29, 1.82) is 0 Å². The maximum atomic E-state index is 12.7. The van der Waals surface area contributed by atoms with Crippen molar-refractivity contribution in [2.24, 2.45) is 5.92 Å². The van der Waals surface area contributed by atoms with Crippen LogP contribution < -0.4 is 5.32 Å². The van der Waals surface area contributed by atoms with Gasteiger partial charge in [0.25, 0.3) is 0 Å². The van der Waals surface area contributed by atoms with Crippen molar-refractivity contribution in [1.82, 2.24) is 9.97 Å². The van der Waals surface area contributed by atoms with E-state index in [0.29, 0.717) is 11.7 Å². The fourth-order valence-corrected chi connectivity index (χ4v) is 4.52. The lowest BCUT2D eigenvalue weighted by Crippen LogP contribution is -2.18. The highest BCUT2D eigenvalue weighted by molar-refractivity contribution is 9.10. The minimum absolute atomic E-state index is 0.0991. The summed E-state index contributed by atoms with van der Waals surface area (Å²) in [5.41, 5.74) is 3.41. The van der Waals surface area contributed by atoms with Gasteiger partial charge in [-0.05, 0) is 60.7 Å². The van der Waals surface area contributed by atoms with Crippen molar-refractivity contribution >= 4 is 27.7 Å². The van der Waals surface area contributed by atoms with E-state index in [9.17, 15) is 9.90 Å². The van der Waals surface area contributed by atoms with E-state index in [0.717, 1.165) is 39.8 Å². The highest BCUT2D eigenvalue weighted by Gasteiger charge is 2.17. The van der Waals surface area contributed by atoms with Crippen molar-refractivity contribution < 1.29 is 9.90 Å². The van der Waals surface area contributed by atoms with Crippen LogP contribution in [0.15, 0.2) is 59.2 Å². The van der Waals surface area contributed by atoms with Gasteiger partial charge in [-0.15, -0.1) is 0 Å². The molecule has 1 aliphatic rings. The van der Waals surface area contributed by atoms with Crippen molar-refractivity contribution in [3.05, 3.63) is 70.5 Å². The Morgan fingerprint density at radius 1 is 1.03 bits per heavy atom. The van der Waals surface area contributed by atoms with E-state index in [4.69, 9.17) is 4.98 Å². The van der Waals surface area contributed by atoms with Crippen LogP contribution in [0.3, 0.4) is 0 Å². The second-order valence-corrected chi connectivity index (χ2v) is 9.41. The number of phenols is 1. The van der Waals surface area contributed by atoms with Gasteiger partial charge in [0.2, 0.25) is 5.91 Å². The number of hydrogen-bond donors (Lipinski definition) is 2. The van der Waals surface area contributed by atoms with Gasteiger partial charge >= 0.3 is 0 Å². The number of rotatable bonds is 7. The zero-order chi connectivity index (χ0) is 22.3. The van der Waals surface area contributed by atoms with E-state index in [1.807, 2.05) is 36.4 Å². The number of amides is 1. The summed E-state index contributed by atoms with van der Waals surface area (Å²) in [4.78, 5) is 22.1. The molecule has 0 atom stereocenters. The first kappa shape index (κ1) is 22.5. The average Bonchev–Trinajstić information content (AvgIpc) is 2.81. The molecule has 5 nitrogen and oxygen atoms in total. The normalized spacial score (nSPS) is 14.3. The summed E-state index contributed by atoms with van der Waals surface area (Å²) >= 11 is 3.42. The van der Waals surface area contributed by atoms with E-state index >= 15 is 0 Å². The smallest absolute Gasteiger partial charge is 0.229 e. The third-order valence-corrected chi connectivity index (χ3v) is 6.59. The fraction of sp³-hybridized carbons (Fsp3) is 0.346. The van der Waals surface area contributed by atoms with Crippen LogP contribution in [0.4, 0.5) is 5.82 Å². The van der Waals surface area contributed by atoms with Gasteiger partial charge in [0.05, 0.1) is 24.0 Å². The number of carbonyl (C=O) groups excluding carboxylic acids is 1. The third kappa shape index (κ3) is 6.16. The number of aryl methyl sites for hydroxylation is 1. The Balaban J connectivity index is 1.52. The zero-order valence-electron chi connectivity index (χ0n) is 18.1. The van der Waals surface area contributed by atoms with E-state index in [2.05, 4.69) is 26.2 Å². The highest BCUT2D eigenvalue weighted by atomic mass is 79.9. The van der Waals surface area contributed by atoms with Crippen LogP contribution in [-0.2, 0) is 17.6 Å². The van der Waals surface area contributed by atoms with Gasteiger partial charge in [0.15, 0.2) is 5.82 Å². The molecule has 6 heteroatoms.